The Morgan fingerprint density at radius 2 is 1.66 bits per heavy atom. The molecular formula is C34H43N7O9. The number of hydrogen-bond donors (Lipinski definition) is 9. The Labute approximate surface area is 287 Å². The number of primary amides is 1. The van der Waals surface area contributed by atoms with Crippen molar-refractivity contribution in [3.05, 3.63) is 65.9 Å². The lowest BCUT2D eigenvalue weighted by atomic mass is 10.0. The SMILES string of the molecule is CC(O)C(NC(=O)C(Cc1c[nH]c2ccccc12)NC(=O)C1CCCN1C(=O)C(N)Cc1ccc(O)cc1)C(=O)NC(CCC(=O)O)C(N)=O. The first kappa shape index (κ1) is 37.3. The predicted molar refractivity (Wildman–Crippen MR) is 180 cm³/mol. The maximum absolute atomic E-state index is 13.8. The van der Waals surface area contributed by atoms with Gasteiger partial charge in [0.1, 0.15) is 29.9 Å². The molecule has 4 rings (SSSR count). The lowest BCUT2D eigenvalue weighted by molar-refractivity contribution is -0.140. The van der Waals surface area contributed by atoms with Crippen LogP contribution in [0.2, 0.25) is 0 Å². The van der Waals surface area contributed by atoms with Crippen LogP contribution in [0.4, 0.5) is 0 Å². The van der Waals surface area contributed by atoms with Crippen molar-refractivity contribution >= 4 is 46.4 Å². The first-order valence-electron chi connectivity index (χ1n) is 16.2. The highest BCUT2D eigenvalue weighted by atomic mass is 16.4. The summed E-state index contributed by atoms with van der Waals surface area (Å²) in [5, 5.41) is 37.3. The second-order valence-electron chi connectivity index (χ2n) is 12.4. The number of aliphatic hydroxyl groups is 1. The van der Waals surface area contributed by atoms with Crippen molar-refractivity contribution in [2.75, 3.05) is 6.54 Å². The van der Waals surface area contributed by atoms with Crippen LogP contribution in [0, 0.1) is 0 Å². The van der Waals surface area contributed by atoms with Gasteiger partial charge in [0.05, 0.1) is 12.1 Å². The molecule has 0 radical (unpaired) electrons. The molecule has 1 fully saturated rings. The molecule has 0 saturated carbocycles. The maximum atomic E-state index is 13.8. The van der Waals surface area contributed by atoms with Gasteiger partial charge in [-0.25, -0.2) is 0 Å². The Bertz CT molecular complexity index is 1710. The van der Waals surface area contributed by atoms with Gasteiger partial charge < -0.3 is 52.6 Å². The van der Waals surface area contributed by atoms with Gasteiger partial charge in [0.25, 0.3) is 0 Å². The number of carbonyl (C=O) groups is 6. The van der Waals surface area contributed by atoms with E-state index in [1.807, 2.05) is 24.3 Å². The average molecular weight is 694 g/mol. The number of carboxylic acid groups (broad SMARTS) is 1. The highest BCUT2D eigenvalue weighted by molar-refractivity contribution is 5.97. The third kappa shape index (κ3) is 9.57. The summed E-state index contributed by atoms with van der Waals surface area (Å²) in [6.45, 7) is 1.50. The van der Waals surface area contributed by atoms with E-state index in [4.69, 9.17) is 16.6 Å². The van der Waals surface area contributed by atoms with Crippen LogP contribution in [-0.2, 0) is 41.6 Å². The number of carbonyl (C=O) groups excluding carboxylic acids is 5. The lowest BCUT2D eigenvalue weighted by Crippen LogP contribution is -2.61. The molecule has 2 aromatic carbocycles. The van der Waals surface area contributed by atoms with Crippen LogP contribution in [0.3, 0.4) is 0 Å². The lowest BCUT2D eigenvalue weighted by Gasteiger charge is -2.29. The molecule has 1 aliphatic rings. The molecule has 6 unspecified atom stereocenters. The van der Waals surface area contributed by atoms with Crippen molar-refractivity contribution in [3.8, 4) is 5.75 Å². The molecule has 2 heterocycles. The Morgan fingerprint density at radius 3 is 2.32 bits per heavy atom. The second kappa shape index (κ2) is 16.8. The molecule has 268 valence electrons. The fraction of sp³-hybridized carbons (Fsp3) is 0.412. The quantitative estimate of drug-likeness (QED) is 0.0898. The number of aromatic nitrogens is 1. The normalized spacial score (nSPS) is 17.3. The molecule has 0 bridgehead atoms. The Morgan fingerprint density at radius 1 is 0.960 bits per heavy atom. The number of likely N-dealkylation sites (tertiary alicyclic amines) is 1. The Hall–Kier alpha value is -5.48. The summed E-state index contributed by atoms with van der Waals surface area (Å²) in [5.74, 6) is -5.05. The summed E-state index contributed by atoms with van der Waals surface area (Å²) in [4.78, 5) is 81.6. The molecule has 0 aliphatic carbocycles. The van der Waals surface area contributed by atoms with Crippen molar-refractivity contribution in [3.63, 3.8) is 0 Å². The monoisotopic (exact) mass is 693 g/mol. The smallest absolute Gasteiger partial charge is 0.303 e. The largest absolute Gasteiger partial charge is 0.508 e. The topological polar surface area (TPSA) is 270 Å². The predicted octanol–water partition coefficient (Wildman–Crippen LogP) is -0.838. The van der Waals surface area contributed by atoms with E-state index in [0.717, 1.165) is 16.5 Å². The number of fused-ring (bicyclic) bond motifs is 1. The van der Waals surface area contributed by atoms with Crippen LogP contribution >= 0.6 is 0 Å². The zero-order valence-electron chi connectivity index (χ0n) is 27.5. The second-order valence-corrected chi connectivity index (χ2v) is 12.4. The summed E-state index contributed by atoms with van der Waals surface area (Å²) in [7, 11) is 0. The number of aromatic amines is 1. The summed E-state index contributed by atoms with van der Waals surface area (Å²) in [5.41, 5.74) is 13.8. The van der Waals surface area contributed by atoms with Gasteiger partial charge in [0.15, 0.2) is 0 Å². The van der Waals surface area contributed by atoms with Gasteiger partial charge in [-0.15, -0.1) is 0 Å². The van der Waals surface area contributed by atoms with Crippen LogP contribution in [0.1, 0.15) is 43.7 Å². The summed E-state index contributed by atoms with van der Waals surface area (Å²) >= 11 is 0. The molecule has 16 heteroatoms. The van der Waals surface area contributed by atoms with Crippen molar-refractivity contribution in [1.29, 1.82) is 0 Å². The van der Waals surface area contributed by atoms with E-state index in [9.17, 15) is 39.0 Å². The molecule has 16 nitrogen and oxygen atoms in total. The maximum Gasteiger partial charge on any atom is 0.303 e. The van der Waals surface area contributed by atoms with Crippen molar-refractivity contribution in [2.45, 2.75) is 81.8 Å². The number of phenols is 1. The number of H-pyrrole nitrogens is 1. The summed E-state index contributed by atoms with van der Waals surface area (Å²) in [6, 6.07) is 7.38. The number of para-hydroxylation sites is 1. The van der Waals surface area contributed by atoms with Gasteiger partial charge in [0, 0.05) is 36.5 Å². The first-order chi connectivity index (χ1) is 23.7. The van der Waals surface area contributed by atoms with E-state index >= 15 is 0 Å². The summed E-state index contributed by atoms with van der Waals surface area (Å²) in [6.07, 6.45) is 0.381. The fourth-order valence-corrected chi connectivity index (χ4v) is 5.96. The molecule has 50 heavy (non-hydrogen) atoms. The number of aliphatic carboxylic acids is 1. The van der Waals surface area contributed by atoms with Gasteiger partial charge in [-0.3, -0.25) is 28.8 Å². The van der Waals surface area contributed by atoms with Gasteiger partial charge >= 0.3 is 5.97 Å². The fourth-order valence-electron chi connectivity index (χ4n) is 5.96. The van der Waals surface area contributed by atoms with E-state index in [2.05, 4.69) is 20.9 Å². The number of benzene rings is 2. The zero-order valence-corrected chi connectivity index (χ0v) is 27.5. The molecule has 0 spiro atoms. The van der Waals surface area contributed by atoms with Crippen molar-refractivity contribution in [1.82, 2.24) is 25.8 Å². The number of aromatic hydroxyl groups is 1. The van der Waals surface area contributed by atoms with E-state index in [1.54, 1.807) is 18.3 Å². The number of amides is 5. The molecule has 11 N–H and O–H groups in total. The molecule has 1 aliphatic heterocycles. The minimum atomic E-state index is -1.61. The van der Waals surface area contributed by atoms with E-state index in [1.165, 1.54) is 24.0 Å². The minimum Gasteiger partial charge on any atom is -0.508 e. The number of carboxylic acids is 1. The highest BCUT2D eigenvalue weighted by Gasteiger charge is 2.39. The number of rotatable bonds is 16. The zero-order chi connectivity index (χ0) is 36.5. The van der Waals surface area contributed by atoms with Crippen LogP contribution in [-0.4, -0.2) is 104 Å². The standard InChI is InChI=1S/C34H43N7O9/c1-18(42)29(33(49)38-25(30(36)46)12-13-28(44)45)40-31(47)26(16-20-17-37-24-6-3-2-5-22(20)24)39-32(48)27-7-4-14-41(27)34(50)23(35)15-19-8-10-21(43)11-9-19/h2-3,5-6,8-11,17-18,23,25-27,29,37,42-43H,4,7,12-16,35H2,1H3,(H2,36,46)(H,38,49)(H,39,48)(H,40,47)(H,44,45). The van der Waals surface area contributed by atoms with Crippen LogP contribution in [0.15, 0.2) is 54.7 Å². The number of nitrogens with one attached hydrogen (secondary N) is 4. The third-order valence-corrected chi connectivity index (χ3v) is 8.65. The number of nitrogens with two attached hydrogens (primary N) is 2. The summed E-state index contributed by atoms with van der Waals surface area (Å²) < 4.78 is 0. The Balaban J connectivity index is 1.53. The molecule has 1 saturated heterocycles. The molecular weight excluding hydrogens is 650 g/mol. The molecule has 5 amide bonds. The highest BCUT2D eigenvalue weighted by Crippen LogP contribution is 2.22. The van der Waals surface area contributed by atoms with E-state index in [0.29, 0.717) is 18.4 Å². The number of phenolic OH excluding ortho intramolecular Hbond substituents is 1. The number of nitrogens with zero attached hydrogens (tertiary/aromatic N) is 1. The van der Waals surface area contributed by atoms with Gasteiger partial charge in [0.2, 0.25) is 29.5 Å². The number of aliphatic hydroxyl groups excluding tert-OH is 1. The van der Waals surface area contributed by atoms with Crippen LogP contribution in [0.25, 0.3) is 10.9 Å². The van der Waals surface area contributed by atoms with Crippen LogP contribution < -0.4 is 27.4 Å². The van der Waals surface area contributed by atoms with Gasteiger partial charge in [-0.1, -0.05) is 30.3 Å². The van der Waals surface area contributed by atoms with Crippen LogP contribution in [0.5, 0.6) is 5.75 Å². The Kier molecular flexibility index (Phi) is 12.5. The van der Waals surface area contributed by atoms with Gasteiger partial charge in [-0.2, -0.15) is 0 Å². The molecule has 6 atom stereocenters. The first-order valence-corrected chi connectivity index (χ1v) is 16.2. The minimum absolute atomic E-state index is 0.0424. The van der Waals surface area contributed by atoms with E-state index in [-0.39, 0.29) is 31.6 Å². The van der Waals surface area contributed by atoms with E-state index < -0.39 is 78.2 Å². The molecule has 3 aromatic rings. The average Bonchev–Trinajstić information content (AvgIpc) is 3.73. The van der Waals surface area contributed by atoms with Gasteiger partial charge in [-0.05, 0) is 61.9 Å². The number of hydrogen-bond acceptors (Lipinski definition) is 9. The third-order valence-electron chi connectivity index (χ3n) is 8.65. The van der Waals surface area contributed by atoms with Crippen molar-refractivity contribution in [2.24, 2.45) is 11.5 Å². The molecule has 1 aromatic heterocycles. The van der Waals surface area contributed by atoms with Crippen molar-refractivity contribution < 1.29 is 44.1 Å².